The normalized spacial score (nSPS) is 25.0. The van der Waals surface area contributed by atoms with Gasteiger partial charge >= 0.3 is 6.09 Å². The lowest BCUT2D eigenvalue weighted by Crippen LogP contribution is -2.39. The van der Waals surface area contributed by atoms with Crippen LogP contribution in [-0.4, -0.2) is 28.6 Å². The van der Waals surface area contributed by atoms with Crippen molar-refractivity contribution in [3.63, 3.8) is 0 Å². The number of fused-ring (bicyclic) bond motifs is 2. The lowest BCUT2D eigenvalue weighted by Gasteiger charge is -2.31. The summed E-state index contributed by atoms with van der Waals surface area (Å²) in [6.07, 6.45) is 3.70. The number of piperidine rings is 1. The van der Waals surface area contributed by atoms with Crippen molar-refractivity contribution in [1.29, 1.82) is 0 Å². The smallest absolute Gasteiger partial charge is 0.410 e. The first-order valence-electron chi connectivity index (χ1n) is 8.29. The predicted molar refractivity (Wildman–Crippen MR) is 91.8 cm³/mol. The Morgan fingerprint density at radius 1 is 1.21 bits per heavy atom. The van der Waals surface area contributed by atoms with Gasteiger partial charge in [-0.3, -0.25) is 0 Å². The summed E-state index contributed by atoms with van der Waals surface area (Å²) in [4.78, 5) is 18.5. The number of ether oxygens (including phenoxy) is 1. The number of halogens is 1. The van der Waals surface area contributed by atoms with Gasteiger partial charge in [0.1, 0.15) is 11.8 Å². The number of carbonyl (C=O) groups excluding carboxylic acids is 1. The van der Waals surface area contributed by atoms with Crippen molar-refractivity contribution in [3.8, 4) is 0 Å². The van der Waals surface area contributed by atoms with Gasteiger partial charge < -0.3 is 9.64 Å². The molecular weight excluding hydrogens is 324 g/mol. The summed E-state index contributed by atoms with van der Waals surface area (Å²) in [6.45, 7) is 1.10. The second-order valence-corrected chi connectivity index (χ2v) is 6.99. The SMILES string of the molecule is O=C(OCc1ccccc1)N1C[C@H]2C[C@H]1C[C@@H]2c1ccc(Cl)nc1. The highest BCUT2D eigenvalue weighted by molar-refractivity contribution is 6.29. The zero-order valence-corrected chi connectivity index (χ0v) is 14.0. The highest BCUT2D eigenvalue weighted by atomic mass is 35.5. The van der Waals surface area contributed by atoms with E-state index < -0.39 is 0 Å². The molecule has 0 N–H and O–H groups in total. The van der Waals surface area contributed by atoms with Gasteiger partial charge in [0.25, 0.3) is 0 Å². The van der Waals surface area contributed by atoms with Gasteiger partial charge in [-0.1, -0.05) is 48.0 Å². The first-order chi connectivity index (χ1) is 11.7. The van der Waals surface area contributed by atoms with E-state index in [4.69, 9.17) is 16.3 Å². The van der Waals surface area contributed by atoms with Crippen LogP contribution in [0.25, 0.3) is 0 Å². The molecule has 0 spiro atoms. The molecule has 1 saturated carbocycles. The molecule has 1 saturated heterocycles. The maximum absolute atomic E-state index is 12.4. The van der Waals surface area contributed by atoms with Gasteiger partial charge in [0.05, 0.1) is 0 Å². The van der Waals surface area contributed by atoms with Gasteiger partial charge in [-0.05, 0) is 41.9 Å². The van der Waals surface area contributed by atoms with E-state index in [1.807, 2.05) is 47.5 Å². The Kier molecular flexibility index (Phi) is 4.15. The molecule has 1 aliphatic heterocycles. The lowest BCUT2D eigenvalue weighted by atomic mass is 9.88. The summed E-state index contributed by atoms with van der Waals surface area (Å²) in [5.74, 6) is 0.959. The Morgan fingerprint density at radius 2 is 2.04 bits per heavy atom. The van der Waals surface area contributed by atoms with E-state index in [9.17, 15) is 4.79 Å². The minimum atomic E-state index is -0.195. The molecule has 1 amide bonds. The quantitative estimate of drug-likeness (QED) is 0.783. The zero-order valence-electron chi connectivity index (χ0n) is 13.3. The highest BCUT2D eigenvalue weighted by Gasteiger charge is 2.47. The monoisotopic (exact) mass is 342 g/mol. The Morgan fingerprint density at radius 3 is 2.71 bits per heavy atom. The lowest BCUT2D eigenvalue weighted by molar-refractivity contribution is 0.0831. The van der Waals surface area contributed by atoms with E-state index in [0.717, 1.165) is 24.9 Å². The van der Waals surface area contributed by atoms with Gasteiger partial charge in [-0.15, -0.1) is 0 Å². The highest BCUT2D eigenvalue weighted by Crippen LogP contribution is 2.47. The van der Waals surface area contributed by atoms with Crippen LogP contribution >= 0.6 is 11.6 Å². The Bertz CT molecular complexity index is 720. The fraction of sp³-hybridized carbons (Fsp3) is 0.368. The predicted octanol–water partition coefficient (Wildman–Crippen LogP) is 4.25. The summed E-state index contributed by atoms with van der Waals surface area (Å²) >= 11 is 5.87. The molecule has 1 aromatic heterocycles. The second kappa shape index (κ2) is 6.44. The number of amides is 1. The summed E-state index contributed by atoms with van der Waals surface area (Å²) in [5.41, 5.74) is 2.24. The molecule has 124 valence electrons. The number of carbonyl (C=O) groups is 1. The molecule has 3 atom stereocenters. The first kappa shape index (κ1) is 15.5. The third-order valence-corrected chi connectivity index (χ3v) is 5.38. The van der Waals surface area contributed by atoms with Crippen molar-refractivity contribution in [2.24, 2.45) is 5.92 Å². The van der Waals surface area contributed by atoms with E-state index >= 15 is 0 Å². The average Bonchev–Trinajstić information content (AvgIpc) is 3.22. The van der Waals surface area contributed by atoms with Crippen LogP contribution in [0.2, 0.25) is 5.15 Å². The molecule has 4 nitrogen and oxygen atoms in total. The van der Waals surface area contributed by atoms with Gasteiger partial charge in [0.15, 0.2) is 0 Å². The maximum Gasteiger partial charge on any atom is 0.410 e. The largest absolute Gasteiger partial charge is 0.445 e. The van der Waals surface area contributed by atoms with E-state index in [0.29, 0.717) is 23.6 Å². The number of aromatic nitrogens is 1. The van der Waals surface area contributed by atoms with Gasteiger partial charge in [0, 0.05) is 18.8 Å². The molecule has 2 aliphatic rings. The van der Waals surface area contributed by atoms with Crippen LogP contribution < -0.4 is 0 Å². The number of pyridine rings is 1. The molecule has 2 heterocycles. The molecule has 24 heavy (non-hydrogen) atoms. The average molecular weight is 343 g/mol. The zero-order chi connectivity index (χ0) is 16.5. The van der Waals surface area contributed by atoms with Crippen molar-refractivity contribution < 1.29 is 9.53 Å². The van der Waals surface area contributed by atoms with Gasteiger partial charge in [-0.25, -0.2) is 9.78 Å². The summed E-state index contributed by atoms with van der Waals surface area (Å²) in [5, 5.41) is 0.521. The third kappa shape index (κ3) is 2.98. The van der Waals surface area contributed by atoms with Crippen LogP contribution in [0.1, 0.15) is 29.9 Å². The van der Waals surface area contributed by atoms with E-state index in [-0.39, 0.29) is 12.1 Å². The first-order valence-corrected chi connectivity index (χ1v) is 8.67. The fourth-order valence-electron chi connectivity index (χ4n) is 3.99. The summed E-state index contributed by atoms with van der Waals surface area (Å²) in [7, 11) is 0. The van der Waals surface area contributed by atoms with Crippen LogP contribution in [0.15, 0.2) is 48.7 Å². The number of hydrogen-bond acceptors (Lipinski definition) is 3. The fourth-order valence-corrected chi connectivity index (χ4v) is 4.11. The molecule has 4 rings (SSSR count). The van der Waals surface area contributed by atoms with Crippen LogP contribution in [0.5, 0.6) is 0 Å². The minimum absolute atomic E-state index is 0.195. The van der Waals surface area contributed by atoms with Crippen molar-refractivity contribution in [3.05, 3.63) is 64.9 Å². The van der Waals surface area contributed by atoms with E-state index in [2.05, 4.69) is 11.1 Å². The Labute approximate surface area is 146 Å². The van der Waals surface area contributed by atoms with Crippen molar-refractivity contribution in [2.75, 3.05) is 6.54 Å². The van der Waals surface area contributed by atoms with Crippen LogP contribution in [-0.2, 0) is 11.3 Å². The molecule has 0 unspecified atom stereocenters. The van der Waals surface area contributed by atoms with Crippen LogP contribution in [0, 0.1) is 5.92 Å². The van der Waals surface area contributed by atoms with Gasteiger partial charge in [0.2, 0.25) is 0 Å². The minimum Gasteiger partial charge on any atom is -0.445 e. The van der Waals surface area contributed by atoms with Crippen molar-refractivity contribution >= 4 is 17.7 Å². The topological polar surface area (TPSA) is 42.4 Å². The molecule has 2 aromatic rings. The van der Waals surface area contributed by atoms with Crippen molar-refractivity contribution in [2.45, 2.75) is 31.4 Å². The van der Waals surface area contributed by atoms with Crippen LogP contribution in [0.4, 0.5) is 4.79 Å². The number of rotatable bonds is 3. The Hall–Kier alpha value is -2.07. The summed E-state index contributed by atoms with van der Waals surface area (Å²) in [6, 6.07) is 14.0. The van der Waals surface area contributed by atoms with Crippen LogP contribution in [0.3, 0.4) is 0 Å². The second-order valence-electron chi connectivity index (χ2n) is 6.60. The number of hydrogen-bond donors (Lipinski definition) is 0. The van der Waals surface area contributed by atoms with Crippen molar-refractivity contribution in [1.82, 2.24) is 9.88 Å². The Balaban J connectivity index is 1.36. The maximum atomic E-state index is 12.4. The molecule has 1 aliphatic carbocycles. The molecule has 0 radical (unpaired) electrons. The van der Waals surface area contributed by atoms with E-state index in [1.165, 1.54) is 5.56 Å². The molecule has 5 heteroatoms. The molecule has 1 aromatic carbocycles. The number of likely N-dealkylation sites (tertiary alicyclic amines) is 1. The molecular formula is C19H19ClN2O2. The van der Waals surface area contributed by atoms with E-state index in [1.54, 1.807) is 0 Å². The third-order valence-electron chi connectivity index (χ3n) is 5.16. The number of nitrogens with zero attached hydrogens (tertiary/aromatic N) is 2. The molecule has 2 bridgehead atoms. The summed E-state index contributed by atoms with van der Waals surface area (Å²) < 4.78 is 5.48. The number of benzene rings is 1. The van der Waals surface area contributed by atoms with Gasteiger partial charge in [-0.2, -0.15) is 0 Å². The molecule has 2 fully saturated rings. The standard InChI is InChI=1S/C19H19ClN2O2/c20-18-7-6-14(10-21-18)17-9-16-8-15(17)11-22(16)19(23)24-12-13-4-2-1-3-5-13/h1-7,10,15-17H,8-9,11-12H2/t15-,16+,17-/m1/s1.